The Balaban J connectivity index is 2.12. The van der Waals surface area contributed by atoms with Crippen LogP contribution in [0.4, 0.5) is 5.82 Å². The van der Waals surface area contributed by atoms with Gasteiger partial charge in [0.15, 0.2) is 0 Å². The molecule has 1 saturated carbocycles. The van der Waals surface area contributed by atoms with Gasteiger partial charge in [0.2, 0.25) is 0 Å². The minimum absolute atomic E-state index is 0.0765. The van der Waals surface area contributed by atoms with E-state index in [2.05, 4.69) is 22.2 Å². The predicted molar refractivity (Wildman–Crippen MR) is 60.0 cm³/mol. The first-order valence-corrected chi connectivity index (χ1v) is 5.56. The van der Waals surface area contributed by atoms with E-state index in [0.717, 1.165) is 18.2 Å². The Bertz CT molecular complexity index is 395. The average molecular weight is 207 g/mol. The van der Waals surface area contributed by atoms with Crippen molar-refractivity contribution >= 4 is 5.82 Å². The summed E-state index contributed by atoms with van der Waals surface area (Å²) < 4.78 is 0. The van der Waals surface area contributed by atoms with Gasteiger partial charge in [0.1, 0.15) is 11.6 Å². The molecule has 1 aromatic rings. The molecule has 15 heavy (non-hydrogen) atoms. The minimum atomic E-state index is -0.0765. The fourth-order valence-corrected chi connectivity index (χ4v) is 1.70. The molecule has 4 heteroatoms. The topological polar surface area (TPSA) is 57.8 Å². The number of aromatic amines is 1. The van der Waals surface area contributed by atoms with Gasteiger partial charge in [-0.05, 0) is 25.7 Å². The normalized spacial score (nSPS) is 17.5. The molecular weight excluding hydrogens is 190 g/mol. The van der Waals surface area contributed by atoms with Crippen molar-refractivity contribution in [2.45, 2.75) is 39.2 Å². The molecular formula is C11H17N3O. The standard InChI is InChI=1S/C11H17N3O/c1-3-9-13-10(6-11(15)14-9)12-7(2)8-4-5-8/h6-8H,3-5H2,1-2H3,(H2,12,13,14,15). The fraction of sp³-hybridized carbons (Fsp3) is 0.636. The first kappa shape index (κ1) is 10.2. The van der Waals surface area contributed by atoms with Crippen LogP contribution in [0.25, 0.3) is 0 Å². The molecule has 1 aromatic heterocycles. The Morgan fingerprint density at radius 1 is 1.67 bits per heavy atom. The second-order valence-corrected chi connectivity index (χ2v) is 4.20. The van der Waals surface area contributed by atoms with E-state index in [4.69, 9.17) is 0 Å². The summed E-state index contributed by atoms with van der Waals surface area (Å²) in [5.41, 5.74) is -0.0765. The minimum Gasteiger partial charge on any atom is -0.367 e. The zero-order chi connectivity index (χ0) is 10.8. The first-order valence-electron chi connectivity index (χ1n) is 5.56. The van der Waals surface area contributed by atoms with E-state index in [9.17, 15) is 4.79 Å². The Hall–Kier alpha value is -1.32. The number of aromatic nitrogens is 2. The van der Waals surface area contributed by atoms with Crippen molar-refractivity contribution in [3.05, 3.63) is 22.2 Å². The van der Waals surface area contributed by atoms with Crippen LogP contribution in [-0.2, 0) is 6.42 Å². The SMILES string of the molecule is CCc1nc(NC(C)C2CC2)cc(=O)[nH]1. The summed E-state index contributed by atoms with van der Waals surface area (Å²) in [6.45, 7) is 4.12. The molecule has 1 unspecified atom stereocenters. The number of nitrogens with zero attached hydrogens (tertiary/aromatic N) is 1. The number of H-pyrrole nitrogens is 1. The molecule has 1 aliphatic rings. The Kier molecular flexibility index (Phi) is 2.75. The van der Waals surface area contributed by atoms with Crippen molar-refractivity contribution in [3.8, 4) is 0 Å². The number of rotatable bonds is 4. The second kappa shape index (κ2) is 4.04. The number of hydrogen-bond acceptors (Lipinski definition) is 3. The maximum atomic E-state index is 11.3. The highest BCUT2D eigenvalue weighted by atomic mass is 16.1. The number of hydrogen-bond donors (Lipinski definition) is 2. The molecule has 1 aliphatic carbocycles. The lowest BCUT2D eigenvalue weighted by molar-refractivity contribution is 0.688. The molecule has 0 aromatic carbocycles. The van der Waals surface area contributed by atoms with E-state index >= 15 is 0 Å². The summed E-state index contributed by atoms with van der Waals surface area (Å²) in [4.78, 5) is 18.3. The van der Waals surface area contributed by atoms with Crippen LogP contribution in [0.3, 0.4) is 0 Å². The highest BCUT2D eigenvalue weighted by Crippen LogP contribution is 2.33. The highest BCUT2D eigenvalue weighted by molar-refractivity contribution is 5.34. The van der Waals surface area contributed by atoms with Gasteiger partial charge in [-0.15, -0.1) is 0 Å². The summed E-state index contributed by atoms with van der Waals surface area (Å²) in [6.07, 6.45) is 3.33. The van der Waals surface area contributed by atoms with E-state index in [0.29, 0.717) is 11.9 Å². The van der Waals surface area contributed by atoms with Crippen molar-refractivity contribution in [1.82, 2.24) is 9.97 Å². The number of nitrogens with one attached hydrogen (secondary N) is 2. The van der Waals surface area contributed by atoms with Gasteiger partial charge in [-0.25, -0.2) is 4.98 Å². The van der Waals surface area contributed by atoms with E-state index in [1.165, 1.54) is 18.9 Å². The van der Waals surface area contributed by atoms with Crippen LogP contribution >= 0.6 is 0 Å². The summed E-state index contributed by atoms with van der Waals surface area (Å²) in [6, 6.07) is 1.95. The summed E-state index contributed by atoms with van der Waals surface area (Å²) in [5, 5.41) is 3.29. The molecule has 0 aliphatic heterocycles. The number of anilines is 1. The van der Waals surface area contributed by atoms with Crippen molar-refractivity contribution in [2.24, 2.45) is 5.92 Å². The summed E-state index contributed by atoms with van der Waals surface area (Å²) in [5.74, 6) is 2.21. The predicted octanol–water partition coefficient (Wildman–Crippen LogP) is 1.54. The van der Waals surface area contributed by atoms with Crippen LogP contribution in [0.15, 0.2) is 10.9 Å². The van der Waals surface area contributed by atoms with Crippen molar-refractivity contribution in [2.75, 3.05) is 5.32 Å². The van der Waals surface area contributed by atoms with Gasteiger partial charge in [-0.1, -0.05) is 6.92 Å². The van der Waals surface area contributed by atoms with Gasteiger partial charge < -0.3 is 10.3 Å². The molecule has 0 bridgehead atoms. The third kappa shape index (κ3) is 2.58. The van der Waals surface area contributed by atoms with Gasteiger partial charge in [-0.2, -0.15) is 0 Å². The molecule has 4 nitrogen and oxygen atoms in total. The summed E-state index contributed by atoms with van der Waals surface area (Å²) >= 11 is 0. The fourth-order valence-electron chi connectivity index (χ4n) is 1.70. The van der Waals surface area contributed by atoms with E-state index < -0.39 is 0 Å². The average Bonchev–Trinajstić information content (AvgIpc) is 2.99. The smallest absolute Gasteiger partial charge is 0.252 e. The third-order valence-electron chi connectivity index (χ3n) is 2.83. The maximum absolute atomic E-state index is 11.3. The molecule has 0 radical (unpaired) electrons. The van der Waals surface area contributed by atoms with E-state index in [1.54, 1.807) is 0 Å². The summed E-state index contributed by atoms with van der Waals surface area (Å²) in [7, 11) is 0. The zero-order valence-electron chi connectivity index (χ0n) is 9.21. The van der Waals surface area contributed by atoms with E-state index in [1.807, 2.05) is 6.92 Å². The lowest BCUT2D eigenvalue weighted by Gasteiger charge is -2.13. The molecule has 1 atom stereocenters. The molecule has 1 heterocycles. The molecule has 0 saturated heterocycles. The van der Waals surface area contributed by atoms with Crippen LogP contribution in [0.2, 0.25) is 0 Å². The van der Waals surface area contributed by atoms with Gasteiger partial charge in [0.05, 0.1) is 0 Å². The Morgan fingerprint density at radius 2 is 2.40 bits per heavy atom. The number of aryl methyl sites for hydroxylation is 1. The monoisotopic (exact) mass is 207 g/mol. The Morgan fingerprint density at radius 3 is 3.00 bits per heavy atom. The van der Waals surface area contributed by atoms with Crippen LogP contribution in [-0.4, -0.2) is 16.0 Å². The third-order valence-corrected chi connectivity index (χ3v) is 2.83. The van der Waals surface area contributed by atoms with Gasteiger partial charge in [-0.3, -0.25) is 4.79 Å². The van der Waals surface area contributed by atoms with E-state index in [-0.39, 0.29) is 5.56 Å². The molecule has 0 amide bonds. The zero-order valence-corrected chi connectivity index (χ0v) is 9.21. The molecule has 2 N–H and O–H groups in total. The van der Waals surface area contributed by atoms with Crippen LogP contribution in [0.5, 0.6) is 0 Å². The van der Waals surface area contributed by atoms with Crippen molar-refractivity contribution in [3.63, 3.8) is 0 Å². The lowest BCUT2D eigenvalue weighted by atomic mass is 10.2. The highest BCUT2D eigenvalue weighted by Gasteiger charge is 2.27. The lowest BCUT2D eigenvalue weighted by Crippen LogP contribution is -2.21. The van der Waals surface area contributed by atoms with Crippen LogP contribution in [0, 0.1) is 5.92 Å². The largest absolute Gasteiger partial charge is 0.367 e. The van der Waals surface area contributed by atoms with Crippen molar-refractivity contribution in [1.29, 1.82) is 0 Å². The second-order valence-electron chi connectivity index (χ2n) is 4.20. The first-order chi connectivity index (χ1) is 7.19. The quantitative estimate of drug-likeness (QED) is 0.787. The van der Waals surface area contributed by atoms with Gasteiger partial charge in [0.25, 0.3) is 5.56 Å². The van der Waals surface area contributed by atoms with Crippen LogP contribution in [0.1, 0.15) is 32.5 Å². The van der Waals surface area contributed by atoms with Gasteiger partial charge >= 0.3 is 0 Å². The molecule has 82 valence electrons. The van der Waals surface area contributed by atoms with Gasteiger partial charge in [0, 0.05) is 18.5 Å². The molecule has 0 spiro atoms. The van der Waals surface area contributed by atoms with Crippen LogP contribution < -0.4 is 10.9 Å². The molecule has 1 fully saturated rings. The maximum Gasteiger partial charge on any atom is 0.252 e. The molecule has 2 rings (SSSR count). The van der Waals surface area contributed by atoms with Crippen molar-refractivity contribution < 1.29 is 0 Å². The Labute approximate surface area is 89.1 Å².